The van der Waals surface area contributed by atoms with Crippen molar-refractivity contribution in [3.63, 3.8) is 0 Å². The molecule has 19 heavy (non-hydrogen) atoms. The second-order valence-corrected chi connectivity index (χ2v) is 4.46. The minimum absolute atomic E-state index is 0.320. The Bertz CT molecular complexity index is 456. The molecular formula is C10H11BrF3N3O2. The van der Waals surface area contributed by atoms with Gasteiger partial charge in [-0.25, -0.2) is 9.78 Å². The number of pyridine rings is 1. The molecule has 1 aromatic rings. The van der Waals surface area contributed by atoms with Gasteiger partial charge in [-0.2, -0.15) is 13.2 Å². The van der Waals surface area contributed by atoms with Crippen LogP contribution >= 0.6 is 15.9 Å². The second kappa shape index (κ2) is 6.20. The quantitative estimate of drug-likeness (QED) is 0.828. The van der Waals surface area contributed by atoms with E-state index in [2.05, 4.69) is 26.2 Å². The van der Waals surface area contributed by atoms with E-state index in [0.29, 0.717) is 10.3 Å². The Morgan fingerprint density at radius 1 is 1.63 bits per heavy atom. The Hall–Kier alpha value is -1.35. The van der Waals surface area contributed by atoms with Crippen LogP contribution in [0, 0.1) is 0 Å². The van der Waals surface area contributed by atoms with Gasteiger partial charge in [0.25, 0.3) is 0 Å². The summed E-state index contributed by atoms with van der Waals surface area (Å²) < 4.78 is 36.8. The number of aliphatic hydroxyl groups excluding tert-OH is 1. The van der Waals surface area contributed by atoms with Gasteiger partial charge in [0.05, 0.1) is 12.2 Å². The Balaban J connectivity index is 2.62. The van der Waals surface area contributed by atoms with Gasteiger partial charge in [0, 0.05) is 13.2 Å². The molecule has 0 spiro atoms. The summed E-state index contributed by atoms with van der Waals surface area (Å²) in [4.78, 5) is 16.2. The number of aliphatic hydroxyl groups is 1. The highest BCUT2D eigenvalue weighted by molar-refractivity contribution is 9.10. The zero-order valence-corrected chi connectivity index (χ0v) is 11.4. The molecule has 2 amide bonds. The molecule has 1 atom stereocenters. The molecule has 2 N–H and O–H groups in total. The number of rotatable bonds is 3. The molecule has 9 heteroatoms. The molecule has 106 valence electrons. The number of alkyl halides is 3. The molecule has 0 aromatic carbocycles. The number of halogens is 4. The third kappa shape index (κ3) is 4.67. The van der Waals surface area contributed by atoms with Gasteiger partial charge in [-0.1, -0.05) is 0 Å². The van der Waals surface area contributed by atoms with Crippen LogP contribution < -0.4 is 5.32 Å². The molecule has 0 radical (unpaired) electrons. The van der Waals surface area contributed by atoms with E-state index in [1.165, 1.54) is 12.3 Å². The summed E-state index contributed by atoms with van der Waals surface area (Å²) in [5.74, 6) is 0. The fourth-order valence-electron chi connectivity index (χ4n) is 1.14. The summed E-state index contributed by atoms with van der Waals surface area (Å²) in [5.41, 5.74) is 0.320. The van der Waals surface area contributed by atoms with Crippen LogP contribution in [-0.2, 0) is 0 Å². The number of hydrogen-bond acceptors (Lipinski definition) is 3. The van der Waals surface area contributed by atoms with Gasteiger partial charge in [-0.3, -0.25) is 0 Å². The number of carbonyl (C=O) groups is 1. The van der Waals surface area contributed by atoms with E-state index >= 15 is 0 Å². The summed E-state index contributed by atoms with van der Waals surface area (Å²) in [6.45, 7) is -0.854. The van der Waals surface area contributed by atoms with Crippen LogP contribution in [0.1, 0.15) is 0 Å². The maximum absolute atomic E-state index is 12.1. The van der Waals surface area contributed by atoms with Gasteiger partial charge < -0.3 is 15.3 Å². The summed E-state index contributed by atoms with van der Waals surface area (Å²) in [6.07, 6.45) is -5.86. The van der Waals surface area contributed by atoms with E-state index < -0.39 is 24.9 Å². The van der Waals surface area contributed by atoms with E-state index in [1.54, 1.807) is 6.07 Å². The number of anilines is 1. The number of urea groups is 1. The molecule has 5 nitrogen and oxygen atoms in total. The zero-order chi connectivity index (χ0) is 14.6. The molecule has 0 aliphatic carbocycles. The molecule has 1 rings (SSSR count). The maximum atomic E-state index is 12.1. The van der Waals surface area contributed by atoms with Gasteiger partial charge in [0.1, 0.15) is 4.60 Å². The Morgan fingerprint density at radius 3 is 2.79 bits per heavy atom. The number of amides is 2. The first kappa shape index (κ1) is 15.7. The standard InChI is InChI=1S/C10H11BrF3N3O2/c1-17(5-7(18)10(12,13)14)9(19)16-6-3-2-4-15-8(6)11/h2-4,7,18H,5H2,1H3,(H,16,19). The van der Waals surface area contributed by atoms with Crippen molar-refractivity contribution in [1.29, 1.82) is 0 Å². The Labute approximate surface area is 115 Å². The highest BCUT2D eigenvalue weighted by atomic mass is 79.9. The van der Waals surface area contributed by atoms with Gasteiger partial charge in [0.2, 0.25) is 0 Å². The molecule has 0 fully saturated rings. The van der Waals surface area contributed by atoms with Gasteiger partial charge in [-0.05, 0) is 28.1 Å². The molecular weight excluding hydrogens is 331 g/mol. The maximum Gasteiger partial charge on any atom is 0.416 e. The van der Waals surface area contributed by atoms with E-state index in [9.17, 15) is 18.0 Å². The minimum atomic E-state index is -4.76. The van der Waals surface area contributed by atoms with Gasteiger partial charge in [0.15, 0.2) is 6.10 Å². The molecule has 0 saturated heterocycles. The molecule has 1 unspecified atom stereocenters. The topological polar surface area (TPSA) is 65.5 Å². The van der Waals surface area contributed by atoms with Crippen LogP contribution in [0.2, 0.25) is 0 Å². The zero-order valence-electron chi connectivity index (χ0n) is 9.78. The van der Waals surface area contributed by atoms with Crippen molar-refractivity contribution in [3.8, 4) is 0 Å². The van der Waals surface area contributed by atoms with Crippen molar-refractivity contribution in [2.75, 3.05) is 18.9 Å². The molecule has 1 aromatic heterocycles. The van der Waals surface area contributed by atoms with Crippen molar-refractivity contribution in [3.05, 3.63) is 22.9 Å². The lowest BCUT2D eigenvalue weighted by atomic mass is 10.3. The predicted octanol–water partition coefficient (Wildman–Crippen LogP) is 2.23. The number of likely N-dealkylation sites (N-methyl/N-ethyl adjacent to an activating group) is 1. The Kier molecular flexibility index (Phi) is 5.12. The number of nitrogens with one attached hydrogen (secondary N) is 1. The average Bonchev–Trinajstić information content (AvgIpc) is 2.30. The van der Waals surface area contributed by atoms with Crippen molar-refractivity contribution >= 4 is 27.6 Å². The monoisotopic (exact) mass is 341 g/mol. The summed E-state index contributed by atoms with van der Waals surface area (Å²) in [5, 5.41) is 11.2. The van der Waals surface area contributed by atoms with Crippen molar-refractivity contribution < 1.29 is 23.1 Å². The van der Waals surface area contributed by atoms with E-state index in [1.807, 2.05) is 0 Å². The third-order valence-electron chi connectivity index (χ3n) is 2.17. The molecule has 0 saturated carbocycles. The fourth-order valence-corrected chi connectivity index (χ4v) is 1.49. The largest absolute Gasteiger partial charge is 0.416 e. The predicted molar refractivity (Wildman–Crippen MR) is 65.6 cm³/mol. The third-order valence-corrected chi connectivity index (χ3v) is 2.80. The van der Waals surface area contributed by atoms with Crippen LogP contribution in [0.4, 0.5) is 23.7 Å². The van der Waals surface area contributed by atoms with Gasteiger partial charge >= 0.3 is 12.2 Å². The number of carbonyl (C=O) groups excluding carboxylic acids is 1. The number of aromatic nitrogens is 1. The minimum Gasteiger partial charge on any atom is -0.382 e. The van der Waals surface area contributed by atoms with Crippen molar-refractivity contribution in [2.45, 2.75) is 12.3 Å². The lowest BCUT2D eigenvalue weighted by Crippen LogP contribution is -2.43. The number of nitrogens with zero attached hydrogens (tertiary/aromatic N) is 2. The fraction of sp³-hybridized carbons (Fsp3) is 0.400. The smallest absolute Gasteiger partial charge is 0.382 e. The average molecular weight is 342 g/mol. The lowest BCUT2D eigenvalue weighted by Gasteiger charge is -2.22. The van der Waals surface area contributed by atoms with Crippen molar-refractivity contribution in [1.82, 2.24) is 9.88 Å². The first-order valence-electron chi connectivity index (χ1n) is 5.09. The molecule has 1 heterocycles. The summed E-state index contributed by atoms with van der Waals surface area (Å²) >= 11 is 3.08. The van der Waals surface area contributed by atoms with Crippen LogP contribution in [0.15, 0.2) is 22.9 Å². The van der Waals surface area contributed by atoms with Crippen LogP contribution in [0.5, 0.6) is 0 Å². The first-order chi connectivity index (χ1) is 8.71. The van der Waals surface area contributed by atoms with E-state index in [4.69, 9.17) is 5.11 Å². The molecule has 0 aliphatic rings. The van der Waals surface area contributed by atoms with Crippen LogP contribution in [-0.4, -0.2) is 46.9 Å². The van der Waals surface area contributed by atoms with Crippen molar-refractivity contribution in [2.24, 2.45) is 0 Å². The molecule has 0 aliphatic heterocycles. The highest BCUT2D eigenvalue weighted by Gasteiger charge is 2.39. The van der Waals surface area contributed by atoms with Gasteiger partial charge in [-0.15, -0.1) is 0 Å². The number of hydrogen-bond donors (Lipinski definition) is 2. The summed E-state index contributed by atoms with van der Waals surface area (Å²) in [6, 6.07) is 2.31. The second-order valence-electron chi connectivity index (χ2n) is 3.71. The normalized spacial score (nSPS) is 12.9. The summed E-state index contributed by atoms with van der Waals surface area (Å²) in [7, 11) is 1.15. The highest BCUT2D eigenvalue weighted by Crippen LogP contribution is 2.21. The van der Waals surface area contributed by atoms with Crippen LogP contribution in [0.3, 0.4) is 0 Å². The molecule has 0 bridgehead atoms. The Morgan fingerprint density at radius 2 is 2.26 bits per heavy atom. The van der Waals surface area contributed by atoms with E-state index in [0.717, 1.165) is 11.9 Å². The first-order valence-corrected chi connectivity index (χ1v) is 5.88. The van der Waals surface area contributed by atoms with Crippen LogP contribution in [0.25, 0.3) is 0 Å². The van der Waals surface area contributed by atoms with E-state index in [-0.39, 0.29) is 0 Å². The lowest BCUT2D eigenvalue weighted by molar-refractivity contribution is -0.205. The SMILES string of the molecule is CN(CC(O)C(F)(F)F)C(=O)Nc1cccnc1Br.